The van der Waals surface area contributed by atoms with E-state index in [-0.39, 0.29) is 55.0 Å². The molecule has 3 amide bonds. The van der Waals surface area contributed by atoms with E-state index in [1.54, 1.807) is 47.0 Å². The maximum absolute atomic E-state index is 14.5. The normalized spacial score (nSPS) is 17.3. The first-order valence-electron chi connectivity index (χ1n) is 22.9. The van der Waals surface area contributed by atoms with Crippen LogP contribution in [0.1, 0.15) is 73.3 Å². The number of nitrogens with one attached hydrogen (secondary N) is 3. The third-order valence-corrected chi connectivity index (χ3v) is 13.2. The number of pyridine rings is 3. The molecule has 8 heterocycles. The minimum absolute atomic E-state index is 0.0479. The lowest BCUT2D eigenvalue weighted by molar-refractivity contribution is -0.162. The van der Waals surface area contributed by atoms with Gasteiger partial charge < -0.3 is 29.4 Å². The number of methoxy groups -OCH3 is 1. The smallest absolute Gasteiger partial charge is 0.406 e. The average molecular weight is 982 g/mol. The summed E-state index contributed by atoms with van der Waals surface area (Å²) in [6.45, 7) is 4.17. The van der Waals surface area contributed by atoms with Crippen molar-refractivity contribution >= 4 is 45.0 Å². The number of alkyl halides is 3. The Morgan fingerprint density at radius 1 is 0.930 bits per heavy atom. The maximum Gasteiger partial charge on any atom is 0.406 e. The molecule has 0 spiro atoms. The van der Waals surface area contributed by atoms with Gasteiger partial charge in [-0.1, -0.05) is 23.4 Å². The van der Waals surface area contributed by atoms with Crippen molar-refractivity contribution in [2.75, 3.05) is 33.3 Å². The molecule has 2 aliphatic heterocycles. The summed E-state index contributed by atoms with van der Waals surface area (Å²) in [5.41, 5.74) is 5.94. The number of piperidine rings is 1. The second-order valence-corrected chi connectivity index (χ2v) is 17.7. The quantitative estimate of drug-likeness (QED) is 0.126. The van der Waals surface area contributed by atoms with Crippen molar-refractivity contribution < 1.29 is 40.8 Å². The van der Waals surface area contributed by atoms with Gasteiger partial charge in [0.2, 0.25) is 5.91 Å². The van der Waals surface area contributed by atoms with Crippen LogP contribution in [-0.2, 0) is 4.79 Å². The topological polar surface area (TPSA) is 202 Å². The molecule has 370 valence electrons. The van der Waals surface area contributed by atoms with E-state index in [4.69, 9.17) is 9.26 Å². The van der Waals surface area contributed by atoms with Crippen LogP contribution in [-0.4, -0.2) is 106 Å². The Hall–Kier alpha value is -7.91. The Bertz CT molecular complexity index is 3380. The highest BCUT2D eigenvalue weighted by molar-refractivity contribution is 6.05. The zero-order valence-corrected chi connectivity index (χ0v) is 38.9. The SMILES string of the molecule is COc1cc2c(cc1-c1c(C)noc1C)ncc1[nH]c(=O)n([C@H](C)c3ccccn3)c12.O=C(NC1CC[C@@H](c2cccc(F)c2F)CN(CC(F)(F)F)C1=O)N1CCC(n2c(=O)[nH]c3ncccc32)CC1. The summed E-state index contributed by atoms with van der Waals surface area (Å²) in [4.78, 5) is 72.4. The molecule has 2 fully saturated rings. The molecule has 10 rings (SSSR count). The number of H-pyrrole nitrogens is 2. The van der Waals surface area contributed by atoms with Crippen molar-refractivity contribution in [3.8, 4) is 16.9 Å². The Labute approximate surface area is 400 Å². The summed E-state index contributed by atoms with van der Waals surface area (Å²) in [7, 11) is 1.62. The fourth-order valence-electron chi connectivity index (χ4n) is 9.82. The molecule has 71 heavy (non-hydrogen) atoms. The van der Waals surface area contributed by atoms with Gasteiger partial charge in [-0.3, -0.25) is 28.9 Å². The number of aromatic amines is 2. The fourth-order valence-corrected chi connectivity index (χ4v) is 9.82. The number of hydrogen-bond acceptors (Lipinski definition) is 10. The number of carbonyl (C=O) groups is 2. The lowest BCUT2D eigenvalue weighted by Crippen LogP contribution is -2.54. The number of fused-ring (bicyclic) bond motifs is 4. The fraction of sp³-hybridized carbons (Fsp3) is 0.347. The van der Waals surface area contributed by atoms with Crippen LogP contribution in [0.3, 0.4) is 0 Å². The summed E-state index contributed by atoms with van der Waals surface area (Å²) in [6, 6.07) is 14.2. The highest BCUT2D eigenvalue weighted by atomic mass is 19.4. The van der Waals surface area contributed by atoms with Gasteiger partial charge in [-0.15, -0.1) is 0 Å². The third kappa shape index (κ3) is 9.57. The summed E-state index contributed by atoms with van der Waals surface area (Å²) in [6.07, 6.45) is 1.14. The van der Waals surface area contributed by atoms with Gasteiger partial charge in [0.15, 0.2) is 17.3 Å². The Kier molecular flexibility index (Phi) is 13.2. The van der Waals surface area contributed by atoms with Gasteiger partial charge in [-0.25, -0.2) is 28.1 Å². The predicted octanol–water partition coefficient (Wildman–Crippen LogP) is 7.85. The molecular weight excluding hydrogens is 934 g/mol. The number of ether oxygens (including phenoxy) is 1. The molecule has 3 N–H and O–H groups in total. The van der Waals surface area contributed by atoms with Crippen LogP contribution >= 0.6 is 0 Å². The van der Waals surface area contributed by atoms with E-state index in [9.17, 15) is 41.1 Å². The number of benzene rings is 2. The first kappa shape index (κ1) is 48.1. The van der Waals surface area contributed by atoms with E-state index in [2.05, 4.69) is 35.4 Å². The highest BCUT2D eigenvalue weighted by Crippen LogP contribution is 2.39. The first-order chi connectivity index (χ1) is 34.0. The number of carbonyl (C=O) groups excluding carboxylic acids is 2. The van der Waals surface area contributed by atoms with Crippen molar-refractivity contribution in [1.82, 2.24) is 54.3 Å². The number of aryl methyl sites for hydroxylation is 2. The minimum Gasteiger partial charge on any atom is -0.496 e. The second kappa shape index (κ2) is 19.5. The third-order valence-electron chi connectivity index (χ3n) is 13.2. The first-order valence-corrected chi connectivity index (χ1v) is 22.9. The predicted molar refractivity (Wildman–Crippen MR) is 251 cm³/mol. The lowest BCUT2D eigenvalue weighted by Gasteiger charge is -2.34. The number of hydrogen-bond donors (Lipinski definition) is 3. The molecule has 22 heteroatoms. The molecule has 0 bridgehead atoms. The van der Waals surface area contributed by atoms with Crippen LogP contribution in [0.25, 0.3) is 44.2 Å². The van der Waals surface area contributed by atoms with E-state index >= 15 is 0 Å². The van der Waals surface area contributed by atoms with E-state index in [1.807, 2.05) is 51.1 Å². The van der Waals surface area contributed by atoms with Crippen LogP contribution in [0.2, 0.25) is 0 Å². The molecular formula is C49H48F5N11O6. The molecule has 1 unspecified atom stereocenters. The van der Waals surface area contributed by atoms with Crippen molar-refractivity contribution in [3.63, 3.8) is 0 Å². The summed E-state index contributed by atoms with van der Waals surface area (Å²) >= 11 is 0. The van der Waals surface area contributed by atoms with Crippen molar-refractivity contribution in [2.24, 2.45) is 0 Å². The number of likely N-dealkylation sites (tertiary alicyclic amines) is 2. The molecule has 8 aromatic rings. The van der Waals surface area contributed by atoms with Crippen LogP contribution in [0.5, 0.6) is 5.75 Å². The van der Waals surface area contributed by atoms with Crippen molar-refractivity contribution in [3.05, 3.63) is 135 Å². The number of nitrogens with zero attached hydrogens (tertiary/aromatic N) is 8. The molecule has 17 nitrogen and oxygen atoms in total. The van der Waals surface area contributed by atoms with Crippen LogP contribution in [0.15, 0.2) is 93.4 Å². The number of aromatic nitrogens is 8. The Morgan fingerprint density at radius 3 is 2.41 bits per heavy atom. The van der Waals surface area contributed by atoms with Gasteiger partial charge in [-0.2, -0.15) is 13.2 Å². The molecule has 0 radical (unpaired) electrons. The largest absolute Gasteiger partial charge is 0.496 e. The molecule has 2 aromatic carbocycles. The van der Waals surface area contributed by atoms with E-state index in [0.29, 0.717) is 45.9 Å². The summed E-state index contributed by atoms with van der Waals surface area (Å²) in [5.74, 6) is -2.75. The number of halogens is 5. The molecule has 0 aliphatic carbocycles. The maximum atomic E-state index is 14.5. The summed E-state index contributed by atoms with van der Waals surface area (Å²) in [5, 5.41) is 7.43. The molecule has 6 aromatic heterocycles. The van der Waals surface area contributed by atoms with E-state index in [0.717, 1.165) is 45.0 Å². The minimum atomic E-state index is -4.72. The second-order valence-electron chi connectivity index (χ2n) is 17.7. The number of imidazole rings is 2. The average Bonchev–Trinajstić information content (AvgIpc) is 3.97. The number of urea groups is 1. The highest BCUT2D eigenvalue weighted by Gasteiger charge is 2.40. The van der Waals surface area contributed by atoms with E-state index < -0.39 is 54.8 Å². The van der Waals surface area contributed by atoms with Crippen molar-refractivity contribution in [1.29, 1.82) is 0 Å². The van der Waals surface area contributed by atoms with Gasteiger partial charge in [0.05, 0.1) is 58.4 Å². The Morgan fingerprint density at radius 2 is 1.70 bits per heavy atom. The zero-order valence-electron chi connectivity index (χ0n) is 38.9. The standard InChI is InChI=1S/C26H27F5N6O3.C23H21N5O3/c27-18-4-1-3-17(21(18)28)15-6-7-19(23(38)36(13-15)14-26(29,30)31)33-24(39)35-11-8-16(9-12-35)37-20-5-2-10-32-22(20)34-25(37)40;1-12-21(14(3)31-27-12)16-9-18-15(10-20(16)30-4)22-19(11-25-18)26-23(29)28(22)13(2)17-7-5-6-8-24-17/h1-5,10,15-16,19H,6-9,11-14H2,(H,33,39)(H,32,34,40);5-11,13H,1-4H3,(H,26,29)/t15-,19?;13-/m11/s1. The number of rotatable bonds is 8. The molecule has 2 saturated heterocycles. The molecule has 0 saturated carbocycles. The van der Waals surface area contributed by atoms with Crippen molar-refractivity contribution in [2.45, 2.75) is 76.7 Å². The summed E-state index contributed by atoms with van der Waals surface area (Å²) < 4.78 is 82.7. The van der Waals surface area contributed by atoms with Gasteiger partial charge in [-0.05, 0) is 94.5 Å². The Balaban J connectivity index is 0.000000181. The van der Waals surface area contributed by atoms with Gasteiger partial charge in [0.25, 0.3) is 0 Å². The van der Waals surface area contributed by atoms with E-state index in [1.165, 1.54) is 17.0 Å². The van der Waals surface area contributed by atoms with Crippen LogP contribution < -0.4 is 21.4 Å². The monoisotopic (exact) mass is 981 g/mol. The number of amides is 3. The van der Waals surface area contributed by atoms with Gasteiger partial charge >= 0.3 is 23.6 Å². The van der Waals surface area contributed by atoms with Gasteiger partial charge in [0.1, 0.15) is 24.1 Å². The van der Waals surface area contributed by atoms with Crippen LogP contribution in [0, 0.1) is 25.5 Å². The van der Waals surface area contributed by atoms with Gasteiger partial charge in [0, 0.05) is 54.9 Å². The zero-order chi connectivity index (χ0) is 50.3. The molecule has 2 aliphatic rings. The lowest BCUT2D eigenvalue weighted by atomic mass is 9.93. The molecule has 3 atom stereocenters. The van der Waals surface area contributed by atoms with Crippen LogP contribution in [0.4, 0.5) is 26.7 Å².